The van der Waals surface area contributed by atoms with Crippen LogP contribution >= 0.6 is 11.3 Å². The van der Waals surface area contributed by atoms with Crippen LogP contribution in [-0.4, -0.2) is 24.6 Å². The van der Waals surface area contributed by atoms with Gasteiger partial charge >= 0.3 is 0 Å². The van der Waals surface area contributed by atoms with Crippen LogP contribution in [0.5, 0.6) is 11.5 Å². The number of amides is 1. The zero-order valence-electron chi connectivity index (χ0n) is 19.2. The molecule has 0 radical (unpaired) electrons. The molecule has 0 bridgehead atoms. The van der Waals surface area contributed by atoms with Crippen molar-refractivity contribution in [3.8, 4) is 11.5 Å². The number of carbonyl (C=O) groups excluding carboxylic acids is 1. The van der Waals surface area contributed by atoms with Gasteiger partial charge in [-0.05, 0) is 54.8 Å². The standard InChI is InChI=1S/C27H28N2O3S/c1-4-5-17-32-22-14-12-21(13-15-22)26(30)29(18-20-9-7-6-8-10-20)27-28-24-23(31-3)16-11-19(2)25(24)33-27/h6-16H,4-5,17-18H2,1-3H3. The molecule has 0 fully saturated rings. The first-order valence-electron chi connectivity index (χ1n) is 11.1. The molecule has 4 rings (SSSR count). The lowest BCUT2D eigenvalue weighted by atomic mass is 10.1. The molecular weight excluding hydrogens is 432 g/mol. The van der Waals surface area contributed by atoms with Crippen LogP contribution in [0.3, 0.4) is 0 Å². The Hall–Kier alpha value is -3.38. The minimum atomic E-state index is -0.102. The second-order valence-corrected chi connectivity index (χ2v) is 8.84. The van der Waals surface area contributed by atoms with Crippen LogP contribution in [0.25, 0.3) is 10.2 Å². The van der Waals surface area contributed by atoms with Crippen LogP contribution in [0.4, 0.5) is 5.13 Å². The Balaban J connectivity index is 1.69. The topological polar surface area (TPSA) is 51.7 Å². The number of nitrogens with zero attached hydrogens (tertiary/aromatic N) is 2. The number of methoxy groups -OCH3 is 1. The molecule has 0 unspecified atom stereocenters. The summed E-state index contributed by atoms with van der Waals surface area (Å²) in [6.45, 7) is 5.28. The van der Waals surface area contributed by atoms with E-state index >= 15 is 0 Å². The number of hydrogen-bond donors (Lipinski definition) is 0. The monoisotopic (exact) mass is 460 g/mol. The van der Waals surface area contributed by atoms with E-state index in [2.05, 4.69) is 6.92 Å². The molecule has 1 heterocycles. The molecular formula is C27H28N2O3S. The fourth-order valence-corrected chi connectivity index (χ4v) is 4.60. The van der Waals surface area contributed by atoms with Gasteiger partial charge in [-0.3, -0.25) is 9.69 Å². The number of fused-ring (bicyclic) bond motifs is 1. The van der Waals surface area contributed by atoms with Gasteiger partial charge in [0.1, 0.15) is 17.0 Å². The lowest BCUT2D eigenvalue weighted by molar-refractivity contribution is 0.0985. The van der Waals surface area contributed by atoms with Gasteiger partial charge < -0.3 is 9.47 Å². The third kappa shape index (κ3) is 5.17. The molecule has 6 heteroatoms. The summed E-state index contributed by atoms with van der Waals surface area (Å²) < 4.78 is 12.3. The van der Waals surface area contributed by atoms with Gasteiger partial charge in [-0.1, -0.05) is 61.1 Å². The summed E-state index contributed by atoms with van der Waals surface area (Å²) in [6, 6.07) is 21.3. The number of thiazole rings is 1. The Labute approximate surface area is 198 Å². The average molecular weight is 461 g/mol. The van der Waals surface area contributed by atoms with Gasteiger partial charge in [0, 0.05) is 5.56 Å². The molecule has 0 N–H and O–H groups in total. The third-order valence-corrected chi connectivity index (χ3v) is 6.65. The minimum absolute atomic E-state index is 0.102. The van der Waals surface area contributed by atoms with E-state index in [9.17, 15) is 4.79 Å². The SMILES string of the molecule is CCCCOc1ccc(C(=O)N(Cc2ccccc2)c2nc3c(OC)ccc(C)c3s2)cc1. The predicted octanol–water partition coefficient (Wildman–Crippen LogP) is 6.64. The van der Waals surface area contributed by atoms with E-state index in [1.807, 2.05) is 73.7 Å². The van der Waals surface area contributed by atoms with Crippen molar-refractivity contribution in [2.24, 2.45) is 0 Å². The van der Waals surface area contributed by atoms with E-state index in [0.717, 1.165) is 39.9 Å². The van der Waals surface area contributed by atoms with Crippen LogP contribution in [0.15, 0.2) is 66.7 Å². The van der Waals surface area contributed by atoms with Gasteiger partial charge in [0.25, 0.3) is 5.91 Å². The van der Waals surface area contributed by atoms with Crippen molar-refractivity contribution in [2.45, 2.75) is 33.2 Å². The number of anilines is 1. The Morgan fingerprint density at radius 3 is 2.48 bits per heavy atom. The van der Waals surface area contributed by atoms with E-state index in [0.29, 0.717) is 29.6 Å². The molecule has 3 aromatic carbocycles. The molecule has 0 aliphatic heterocycles. The van der Waals surface area contributed by atoms with Crippen molar-refractivity contribution in [3.05, 3.63) is 83.4 Å². The second-order valence-electron chi connectivity index (χ2n) is 7.86. The van der Waals surface area contributed by atoms with Gasteiger partial charge in [-0.15, -0.1) is 0 Å². The summed E-state index contributed by atoms with van der Waals surface area (Å²) in [7, 11) is 1.64. The van der Waals surface area contributed by atoms with Crippen LogP contribution in [-0.2, 0) is 6.54 Å². The Morgan fingerprint density at radius 1 is 1.03 bits per heavy atom. The van der Waals surface area contributed by atoms with Gasteiger partial charge in [0.2, 0.25) is 0 Å². The number of unbranched alkanes of at least 4 members (excludes halogenated alkanes) is 1. The maximum Gasteiger partial charge on any atom is 0.260 e. The van der Waals surface area contributed by atoms with Gasteiger partial charge in [-0.2, -0.15) is 0 Å². The minimum Gasteiger partial charge on any atom is -0.494 e. The van der Waals surface area contributed by atoms with Crippen molar-refractivity contribution in [3.63, 3.8) is 0 Å². The molecule has 0 spiro atoms. The summed E-state index contributed by atoms with van der Waals surface area (Å²) in [5, 5.41) is 0.648. The molecule has 0 atom stereocenters. The summed E-state index contributed by atoms with van der Waals surface area (Å²) in [5.74, 6) is 1.38. The Bertz CT molecular complexity index is 1220. The Kier molecular flexibility index (Phi) is 7.25. The van der Waals surface area contributed by atoms with Gasteiger partial charge in [0.05, 0.1) is 25.0 Å². The van der Waals surface area contributed by atoms with Crippen LogP contribution in [0.2, 0.25) is 0 Å². The molecule has 5 nitrogen and oxygen atoms in total. The van der Waals surface area contributed by atoms with Gasteiger partial charge in [0.15, 0.2) is 5.13 Å². The zero-order valence-corrected chi connectivity index (χ0v) is 20.0. The molecule has 0 aliphatic rings. The van der Waals surface area contributed by atoms with Crippen molar-refractivity contribution in [1.29, 1.82) is 0 Å². The molecule has 1 aromatic heterocycles. The zero-order chi connectivity index (χ0) is 23.2. The molecule has 0 saturated heterocycles. The van der Waals surface area contributed by atoms with E-state index in [1.54, 1.807) is 12.0 Å². The number of hydrogen-bond acceptors (Lipinski definition) is 5. The van der Waals surface area contributed by atoms with Crippen molar-refractivity contribution < 1.29 is 14.3 Å². The first-order chi connectivity index (χ1) is 16.1. The van der Waals surface area contributed by atoms with E-state index in [1.165, 1.54) is 11.3 Å². The highest BCUT2D eigenvalue weighted by atomic mass is 32.1. The largest absolute Gasteiger partial charge is 0.494 e. The second kappa shape index (κ2) is 10.5. The van der Waals surface area contributed by atoms with E-state index < -0.39 is 0 Å². The van der Waals surface area contributed by atoms with Crippen LogP contribution in [0, 0.1) is 6.92 Å². The number of aryl methyl sites for hydroxylation is 1. The average Bonchev–Trinajstić information content (AvgIpc) is 3.30. The lowest BCUT2D eigenvalue weighted by Gasteiger charge is -2.20. The summed E-state index contributed by atoms with van der Waals surface area (Å²) in [5.41, 5.74) is 3.52. The first-order valence-corrected chi connectivity index (χ1v) is 11.9. The molecule has 0 saturated carbocycles. The number of benzene rings is 3. The third-order valence-electron chi connectivity index (χ3n) is 5.44. The van der Waals surface area contributed by atoms with Crippen molar-refractivity contribution in [2.75, 3.05) is 18.6 Å². The van der Waals surface area contributed by atoms with E-state index in [4.69, 9.17) is 14.5 Å². The number of carbonyl (C=O) groups is 1. The molecule has 33 heavy (non-hydrogen) atoms. The molecule has 1 amide bonds. The van der Waals surface area contributed by atoms with Crippen molar-refractivity contribution in [1.82, 2.24) is 4.98 Å². The smallest absolute Gasteiger partial charge is 0.260 e. The fraction of sp³-hybridized carbons (Fsp3) is 0.259. The lowest BCUT2D eigenvalue weighted by Crippen LogP contribution is -2.30. The molecule has 0 aliphatic carbocycles. The summed E-state index contributed by atoms with van der Waals surface area (Å²) in [4.78, 5) is 20.2. The van der Waals surface area contributed by atoms with Crippen molar-refractivity contribution >= 4 is 32.6 Å². The highest BCUT2D eigenvalue weighted by Gasteiger charge is 2.23. The maximum absolute atomic E-state index is 13.7. The van der Waals surface area contributed by atoms with Crippen LogP contribution < -0.4 is 14.4 Å². The predicted molar refractivity (Wildman–Crippen MR) is 135 cm³/mol. The first kappa shape index (κ1) is 22.8. The fourth-order valence-electron chi connectivity index (χ4n) is 3.55. The van der Waals surface area contributed by atoms with Crippen LogP contribution in [0.1, 0.15) is 41.3 Å². The van der Waals surface area contributed by atoms with E-state index in [-0.39, 0.29) is 5.91 Å². The molecule has 170 valence electrons. The normalized spacial score (nSPS) is 10.9. The molecule has 4 aromatic rings. The summed E-state index contributed by atoms with van der Waals surface area (Å²) >= 11 is 1.51. The van der Waals surface area contributed by atoms with Gasteiger partial charge in [-0.25, -0.2) is 4.98 Å². The quantitative estimate of drug-likeness (QED) is 0.263. The highest BCUT2D eigenvalue weighted by molar-refractivity contribution is 7.22. The number of aromatic nitrogens is 1. The highest BCUT2D eigenvalue weighted by Crippen LogP contribution is 2.37. The maximum atomic E-state index is 13.7. The number of rotatable bonds is 9. The number of ether oxygens (including phenoxy) is 2. The summed E-state index contributed by atoms with van der Waals surface area (Å²) in [6.07, 6.45) is 2.09. The Morgan fingerprint density at radius 2 is 1.79 bits per heavy atom.